The van der Waals surface area contributed by atoms with Gasteiger partial charge in [0.05, 0.1) is 6.04 Å². The molecule has 2 heterocycles. The van der Waals surface area contributed by atoms with Crippen molar-refractivity contribution in [3.63, 3.8) is 0 Å². The lowest BCUT2D eigenvalue weighted by Gasteiger charge is -2.37. The fourth-order valence-corrected chi connectivity index (χ4v) is 4.34. The molecule has 1 unspecified atom stereocenters. The monoisotopic (exact) mass is 409 g/mol. The highest BCUT2D eigenvalue weighted by Gasteiger charge is 2.27. The van der Waals surface area contributed by atoms with Crippen molar-refractivity contribution in [3.05, 3.63) is 24.3 Å². The lowest BCUT2D eigenvalue weighted by atomic mass is 9.95. The summed E-state index contributed by atoms with van der Waals surface area (Å²) in [5.41, 5.74) is 0.583. The Bertz CT molecular complexity index is 625. The van der Waals surface area contributed by atoms with Crippen LogP contribution in [0.4, 0.5) is 14.5 Å². The second-order valence-electron chi connectivity index (χ2n) is 8.26. The first-order valence-corrected chi connectivity index (χ1v) is 10.8. The summed E-state index contributed by atoms with van der Waals surface area (Å²) in [5.74, 6) is 0.734. The molecule has 162 valence electrons. The van der Waals surface area contributed by atoms with Crippen molar-refractivity contribution >= 4 is 11.6 Å². The Morgan fingerprint density at radius 2 is 1.69 bits per heavy atom. The molecule has 2 saturated heterocycles. The number of nitrogens with one attached hydrogen (secondary N) is 1. The summed E-state index contributed by atoms with van der Waals surface area (Å²) < 4.78 is 28.8. The number of hydrogen-bond donors (Lipinski definition) is 1. The third-order valence-corrected chi connectivity index (χ3v) is 6.14. The molecule has 1 aromatic carbocycles. The van der Waals surface area contributed by atoms with E-state index in [1.807, 2.05) is 6.92 Å². The number of carbonyl (C=O) groups is 1. The number of piperidine rings is 1. The quantitative estimate of drug-likeness (QED) is 0.733. The number of nitrogens with zero attached hydrogens (tertiary/aromatic N) is 2. The summed E-state index contributed by atoms with van der Waals surface area (Å²) in [6, 6.07) is 5.80. The van der Waals surface area contributed by atoms with E-state index in [0.29, 0.717) is 5.69 Å². The lowest BCUT2D eigenvalue weighted by Crippen LogP contribution is -2.47. The molecule has 2 fully saturated rings. The highest BCUT2D eigenvalue weighted by molar-refractivity contribution is 5.94. The minimum atomic E-state index is -2.85. The maximum absolute atomic E-state index is 12.6. The van der Waals surface area contributed by atoms with E-state index in [1.165, 1.54) is 57.5 Å². The van der Waals surface area contributed by atoms with E-state index < -0.39 is 6.61 Å². The van der Waals surface area contributed by atoms with Crippen LogP contribution >= 0.6 is 0 Å². The van der Waals surface area contributed by atoms with Gasteiger partial charge in [0.15, 0.2) is 0 Å². The van der Waals surface area contributed by atoms with Crippen LogP contribution in [0.5, 0.6) is 5.75 Å². The molecular formula is C22H33F2N3O2. The van der Waals surface area contributed by atoms with Crippen LogP contribution in [0, 0.1) is 5.92 Å². The van der Waals surface area contributed by atoms with Gasteiger partial charge < -0.3 is 15.0 Å². The number of anilines is 1. The summed E-state index contributed by atoms with van der Waals surface area (Å²) in [7, 11) is 0. The highest BCUT2D eigenvalue weighted by atomic mass is 19.3. The van der Waals surface area contributed by atoms with Gasteiger partial charge in [-0.3, -0.25) is 9.69 Å². The number of likely N-dealkylation sites (tertiary alicyclic amines) is 2. The van der Waals surface area contributed by atoms with Crippen LogP contribution in [0.2, 0.25) is 0 Å². The van der Waals surface area contributed by atoms with Crippen LogP contribution in [0.3, 0.4) is 0 Å². The maximum Gasteiger partial charge on any atom is 0.387 e. The Morgan fingerprint density at radius 1 is 1.07 bits per heavy atom. The van der Waals surface area contributed by atoms with Crippen molar-refractivity contribution < 1.29 is 18.3 Å². The van der Waals surface area contributed by atoms with Crippen molar-refractivity contribution in [2.24, 2.45) is 5.92 Å². The van der Waals surface area contributed by atoms with Gasteiger partial charge in [-0.2, -0.15) is 8.78 Å². The summed E-state index contributed by atoms with van der Waals surface area (Å²) in [6.45, 7) is 4.63. The number of benzene rings is 1. The zero-order valence-electron chi connectivity index (χ0n) is 17.3. The molecule has 1 aromatic rings. The molecule has 2 aliphatic rings. The van der Waals surface area contributed by atoms with Crippen LogP contribution in [-0.4, -0.2) is 61.1 Å². The molecular weight excluding hydrogens is 376 g/mol. The Balaban J connectivity index is 1.42. The second-order valence-corrected chi connectivity index (χ2v) is 8.26. The summed E-state index contributed by atoms with van der Waals surface area (Å²) in [5, 5.41) is 2.87. The van der Waals surface area contributed by atoms with Crippen molar-refractivity contribution in [2.45, 2.75) is 58.1 Å². The minimum Gasteiger partial charge on any atom is -0.435 e. The third kappa shape index (κ3) is 6.93. The molecule has 2 aliphatic heterocycles. The molecule has 0 saturated carbocycles. The standard InChI is InChI=1S/C22H33F2N3O2/c1-17(21(28)25-19-6-8-20(9-7-19)29-22(23)24)27-14-10-18(11-15-27)16-26-12-4-2-3-5-13-26/h6-9,17-18,22H,2-5,10-16H2,1H3,(H,25,28). The van der Waals surface area contributed by atoms with Gasteiger partial charge in [-0.15, -0.1) is 0 Å². The number of rotatable bonds is 7. The number of halogens is 2. The molecule has 29 heavy (non-hydrogen) atoms. The van der Waals surface area contributed by atoms with E-state index in [2.05, 4.69) is 19.9 Å². The number of hydrogen-bond acceptors (Lipinski definition) is 4. The van der Waals surface area contributed by atoms with Crippen LogP contribution in [0.25, 0.3) is 0 Å². The van der Waals surface area contributed by atoms with Gasteiger partial charge in [0.25, 0.3) is 0 Å². The van der Waals surface area contributed by atoms with Gasteiger partial charge in [-0.05, 0) is 89.0 Å². The van der Waals surface area contributed by atoms with Crippen molar-refractivity contribution in [1.82, 2.24) is 9.80 Å². The largest absolute Gasteiger partial charge is 0.435 e. The second kappa shape index (κ2) is 10.9. The Morgan fingerprint density at radius 3 is 2.28 bits per heavy atom. The van der Waals surface area contributed by atoms with Crippen LogP contribution in [0.1, 0.15) is 45.4 Å². The first kappa shape index (κ1) is 22.0. The molecule has 0 spiro atoms. The van der Waals surface area contributed by atoms with Crippen LogP contribution in [0.15, 0.2) is 24.3 Å². The predicted molar refractivity (Wildman–Crippen MR) is 110 cm³/mol. The van der Waals surface area contributed by atoms with Gasteiger partial charge >= 0.3 is 6.61 Å². The number of alkyl halides is 2. The molecule has 7 heteroatoms. The molecule has 1 atom stereocenters. The Hall–Kier alpha value is -1.73. The third-order valence-electron chi connectivity index (χ3n) is 6.14. The molecule has 5 nitrogen and oxygen atoms in total. The lowest BCUT2D eigenvalue weighted by molar-refractivity contribution is -0.121. The Labute approximate surface area is 172 Å². The van der Waals surface area contributed by atoms with E-state index in [9.17, 15) is 13.6 Å². The van der Waals surface area contributed by atoms with Gasteiger partial charge in [0.2, 0.25) is 5.91 Å². The van der Waals surface area contributed by atoms with Crippen LogP contribution < -0.4 is 10.1 Å². The smallest absolute Gasteiger partial charge is 0.387 e. The number of amides is 1. The Kier molecular flexibility index (Phi) is 8.24. The van der Waals surface area contributed by atoms with Gasteiger partial charge in [0, 0.05) is 12.2 Å². The fourth-order valence-electron chi connectivity index (χ4n) is 4.34. The normalized spacial score (nSPS) is 21.0. The fraction of sp³-hybridized carbons (Fsp3) is 0.682. The molecule has 1 amide bonds. The first-order chi connectivity index (χ1) is 14.0. The number of carbonyl (C=O) groups excluding carboxylic acids is 1. The van der Waals surface area contributed by atoms with E-state index in [0.717, 1.165) is 31.8 Å². The molecule has 0 radical (unpaired) electrons. The van der Waals surface area contributed by atoms with Gasteiger partial charge in [-0.1, -0.05) is 12.8 Å². The van der Waals surface area contributed by atoms with Crippen molar-refractivity contribution in [3.8, 4) is 5.75 Å². The van der Waals surface area contributed by atoms with Crippen LogP contribution in [-0.2, 0) is 4.79 Å². The average molecular weight is 410 g/mol. The molecule has 0 bridgehead atoms. The maximum atomic E-state index is 12.6. The first-order valence-electron chi connectivity index (χ1n) is 10.8. The number of ether oxygens (including phenoxy) is 1. The zero-order chi connectivity index (χ0) is 20.6. The highest BCUT2D eigenvalue weighted by Crippen LogP contribution is 2.23. The topological polar surface area (TPSA) is 44.8 Å². The molecule has 1 N–H and O–H groups in total. The zero-order valence-corrected chi connectivity index (χ0v) is 17.3. The van der Waals surface area contributed by atoms with Crippen molar-refractivity contribution in [2.75, 3.05) is 38.0 Å². The molecule has 0 aromatic heterocycles. The van der Waals surface area contributed by atoms with E-state index in [-0.39, 0.29) is 17.7 Å². The van der Waals surface area contributed by atoms with E-state index >= 15 is 0 Å². The van der Waals surface area contributed by atoms with E-state index in [4.69, 9.17) is 0 Å². The van der Waals surface area contributed by atoms with Gasteiger partial charge in [0.1, 0.15) is 5.75 Å². The minimum absolute atomic E-state index is 0.0708. The predicted octanol–water partition coefficient (Wildman–Crippen LogP) is 4.20. The molecule has 0 aliphatic carbocycles. The average Bonchev–Trinajstić information content (AvgIpc) is 2.98. The van der Waals surface area contributed by atoms with Gasteiger partial charge in [-0.25, -0.2) is 0 Å². The summed E-state index contributed by atoms with van der Waals surface area (Å²) in [6.07, 6.45) is 7.64. The summed E-state index contributed by atoms with van der Waals surface area (Å²) >= 11 is 0. The van der Waals surface area contributed by atoms with E-state index in [1.54, 1.807) is 12.1 Å². The SMILES string of the molecule is CC(C(=O)Nc1ccc(OC(F)F)cc1)N1CCC(CN2CCCCCC2)CC1. The summed E-state index contributed by atoms with van der Waals surface area (Å²) in [4.78, 5) is 17.5. The molecule has 3 rings (SSSR count). The van der Waals surface area contributed by atoms with Crippen molar-refractivity contribution in [1.29, 1.82) is 0 Å².